The molecule has 1 heterocycles. The second-order valence-corrected chi connectivity index (χ2v) is 5.38. The van der Waals surface area contributed by atoms with Crippen LogP contribution in [0.3, 0.4) is 0 Å². The number of carbonyl (C=O) groups excluding carboxylic acids is 1. The summed E-state index contributed by atoms with van der Waals surface area (Å²) in [6, 6.07) is 6.01. The zero-order valence-electron chi connectivity index (χ0n) is 12.4. The Morgan fingerprint density at radius 1 is 1.15 bits per heavy atom. The number of rotatable bonds is 4. The Morgan fingerprint density at radius 3 is 2.45 bits per heavy atom. The largest absolute Gasteiger partial charge is 0.454 e. The number of hydrogen-bond acceptors (Lipinski definition) is 3. The van der Waals surface area contributed by atoms with E-state index in [9.17, 15) is 4.79 Å². The molecule has 0 atom stereocenters. The highest BCUT2D eigenvalue weighted by Gasteiger charge is 2.17. The lowest BCUT2D eigenvalue weighted by molar-refractivity contribution is -0.129. The molecular formula is C16H21NO3. The zero-order chi connectivity index (χ0) is 14.7. The topological polar surface area (TPSA) is 38.8 Å². The molecule has 0 unspecified atom stereocenters. The fourth-order valence-corrected chi connectivity index (χ4v) is 2.38. The average molecular weight is 275 g/mol. The third-order valence-electron chi connectivity index (χ3n) is 3.18. The Balaban J connectivity index is 2.10. The summed E-state index contributed by atoms with van der Waals surface area (Å²) in [6.45, 7) is 8.34. The maximum absolute atomic E-state index is 12.2. The normalized spacial score (nSPS) is 13.5. The quantitative estimate of drug-likeness (QED) is 0.793. The summed E-state index contributed by atoms with van der Waals surface area (Å²) in [5.74, 6) is 1.50. The predicted octanol–water partition coefficient (Wildman–Crippen LogP) is 3.07. The van der Waals surface area contributed by atoms with Crippen LogP contribution in [0.4, 0.5) is 0 Å². The third-order valence-corrected chi connectivity index (χ3v) is 3.18. The van der Waals surface area contributed by atoms with E-state index in [-0.39, 0.29) is 24.8 Å². The predicted molar refractivity (Wildman–Crippen MR) is 78.7 cm³/mol. The monoisotopic (exact) mass is 275 g/mol. The van der Waals surface area contributed by atoms with Crippen molar-refractivity contribution in [3.63, 3.8) is 0 Å². The minimum atomic E-state index is 0.0210. The third kappa shape index (κ3) is 3.13. The first-order valence-corrected chi connectivity index (χ1v) is 6.89. The van der Waals surface area contributed by atoms with Crippen LogP contribution in [-0.4, -0.2) is 29.7 Å². The first-order chi connectivity index (χ1) is 9.49. The van der Waals surface area contributed by atoms with Gasteiger partial charge in [-0.05, 0) is 51.5 Å². The molecule has 1 aliphatic heterocycles. The molecule has 0 fully saturated rings. The van der Waals surface area contributed by atoms with Crippen molar-refractivity contribution in [1.29, 1.82) is 0 Å². The van der Waals surface area contributed by atoms with Crippen LogP contribution in [0.5, 0.6) is 11.5 Å². The smallest absolute Gasteiger partial charge is 0.247 e. The number of amides is 1. The molecule has 0 N–H and O–H groups in total. The maximum Gasteiger partial charge on any atom is 0.247 e. The molecule has 0 spiro atoms. The zero-order valence-corrected chi connectivity index (χ0v) is 12.4. The Bertz CT molecular complexity index is 512. The van der Waals surface area contributed by atoms with Crippen molar-refractivity contribution in [2.75, 3.05) is 6.79 Å². The van der Waals surface area contributed by atoms with Gasteiger partial charge in [0.2, 0.25) is 12.7 Å². The minimum absolute atomic E-state index is 0.0210. The molecule has 1 aromatic carbocycles. The molecule has 0 radical (unpaired) electrons. The summed E-state index contributed by atoms with van der Waals surface area (Å²) in [6.07, 6.45) is 3.42. The summed E-state index contributed by atoms with van der Waals surface area (Å²) in [5, 5.41) is 0. The van der Waals surface area contributed by atoms with Gasteiger partial charge in [-0.1, -0.05) is 6.07 Å². The van der Waals surface area contributed by atoms with Gasteiger partial charge in [-0.2, -0.15) is 0 Å². The summed E-state index contributed by atoms with van der Waals surface area (Å²) in [7, 11) is 0. The van der Waals surface area contributed by atoms with Crippen LogP contribution in [0.1, 0.15) is 33.3 Å². The van der Waals surface area contributed by atoms with Crippen molar-refractivity contribution in [2.45, 2.75) is 39.8 Å². The van der Waals surface area contributed by atoms with E-state index >= 15 is 0 Å². The molecule has 20 heavy (non-hydrogen) atoms. The SMILES string of the molecule is CC(C)N(C(=O)C=Cc1ccc2c(c1)OCO2)C(C)C. The van der Waals surface area contributed by atoms with Gasteiger partial charge < -0.3 is 14.4 Å². The van der Waals surface area contributed by atoms with Gasteiger partial charge in [0.25, 0.3) is 0 Å². The fraction of sp³-hybridized carbons (Fsp3) is 0.438. The molecule has 0 bridgehead atoms. The van der Waals surface area contributed by atoms with Crippen molar-refractivity contribution in [1.82, 2.24) is 4.90 Å². The lowest BCUT2D eigenvalue weighted by atomic mass is 10.1. The Hall–Kier alpha value is -1.97. The van der Waals surface area contributed by atoms with Crippen LogP contribution in [0.15, 0.2) is 24.3 Å². The number of nitrogens with zero attached hydrogens (tertiary/aromatic N) is 1. The second-order valence-electron chi connectivity index (χ2n) is 5.38. The van der Waals surface area contributed by atoms with Crippen LogP contribution in [0.25, 0.3) is 6.08 Å². The number of fused-ring (bicyclic) bond motifs is 1. The van der Waals surface area contributed by atoms with Gasteiger partial charge in [-0.15, -0.1) is 0 Å². The summed E-state index contributed by atoms with van der Waals surface area (Å²) in [5.41, 5.74) is 0.926. The number of ether oxygens (including phenoxy) is 2. The molecule has 4 heteroatoms. The lowest BCUT2D eigenvalue weighted by Crippen LogP contribution is -2.41. The van der Waals surface area contributed by atoms with E-state index in [4.69, 9.17) is 9.47 Å². The van der Waals surface area contributed by atoms with Crippen molar-refractivity contribution >= 4 is 12.0 Å². The van der Waals surface area contributed by atoms with Crippen molar-refractivity contribution in [3.8, 4) is 11.5 Å². The molecule has 0 saturated carbocycles. The van der Waals surface area contributed by atoms with E-state index in [0.717, 1.165) is 17.1 Å². The van der Waals surface area contributed by atoms with E-state index in [2.05, 4.69) is 0 Å². The Morgan fingerprint density at radius 2 is 1.80 bits per heavy atom. The van der Waals surface area contributed by atoms with Crippen LogP contribution >= 0.6 is 0 Å². The highest BCUT2D eigenvalue weighted by Crippen LogP contribution is 2.32. The average Bonchev–Trinajstić information content (AvgIpc) is 2.82. The van der Waals surface area contributed by atoms with Crippen LogP contribution in [-0.2, 0) is 4.79 Å². The molecular weight excluding hydrogens is 254 g/mol. The molecule has 0 aromatic heterocycles. The van der Waals surface area contributed by atoms with Crippen LogP contribution < -0.4 is 9.47 Å². The number of hydrogen-bond donors (Lipinski definition) is 0. The highest BCUT2D eigenvalue weighted by molar-refractivity contribution is 5.92. The van der Waals surface area contributed by atoms with E-state index in [1.807, 2.05) is 56.9 Å². The van der Waals surface area contributed by atoms with Gasteiger partial charge in [-0.3, -0.25) is 4.79 Å². The molecule has 1 amide bonds. The molecule has 2 rings (SSSR count). The van der Waals surface area contributed by atoms with E-state index < -0.39 is 0 Å². The van der Waals surface area contributed by atoms with Crippen LogP contribution in [0.2, 0.25) is 0 Å². The molecule has 108 valence electrons. The molecule has 1 aliphatic rings. The first kappa shape index (κ1) is 14.4. The van der Waals surface area contributed by atoms with E-state index in [0.29, 0.717) is 0 Å². The second kappa shape index (κ2) is 5.99. The molecule has 1 aromatic rings. The van der Waals surface area contributed by atoms with Crippen molar-refractivity contribution in [3.05, 3.63) is 29.8 Å². The summed E-state index contributed by atoms with van der Waals surface area (Å²) in [4.78, 5) is 14.1. The first-order valence-electron chi connectivity index (χ1n) is 6.89. The van der Waals surface area contributed by atoms with Gasteiger partial charge in [-0.25, -0.2) is 0 Å². The lowest BCUT2D eigenvalue weighted by Gasteiger charge is -2.29. The van der Waals surface area contributed by atoms with Gasteiger partial charge in [0, 0.05) is 18.2 Å². The minimum Gasteiger partial charge on any atom is -0.454 e. The standard InChI is InChI=1S/C16H21NO3/c1-11(2)17(12(3)4)16(18)8-6-13-5-7-14-15(9-13)20-10-19-14/h5-9,11-12H,10H2,1-4H3. The van der Waals surface area contributed by atoms with Crippen LogP contribution in [0, 0.1) is 0 Å². The van der Waals surface area contributed by atoms with E-state index in [1.54, 1.807) is 6.08 Å². The summed E-state index contributed by atoms with van der Waals surface area (Å²) >= 11 is 0. The van der Waals surface area contributed by atoms with Gasteiger partial charge in [0.15, 0.2) is 11.5 Å². The van der Waals surface area contributed by atoms with Gasteiger partial charge in [0.1, 0.15) is 0 Å². The van der Waals surface area contributed by atoms with Gasteiger partial charge >= 0.3 is 0 Å². The molecule has 0 saturated heterocycles. The molecule has 0 aliphatic carbocycles. The number of carbonyl (C=O) groups is 1. The Kier molecular flexibility index (Phi) is 4.32. The number of benzene rings is 1. The highest BCUT2D eigenvalue weighted by atomic mass is 16.7. The maximum atomic E-state index is 12.2. The van der Waals surface area contributed by atoms with E-state index in [1.165, 1.54) is 0 Å². The van der Waals surface area contributed by atoms with Gasteiger partial charge in [0.05, 0.1) is 0 Å². The fourth-order valence-electron chi connectivity index (χ4n) is 2.38. The Labute approximate surface area is 120 Å². The summed E-state index contributed by atoms with van der Waals surface area (Å²) < 4.78 is 10.6. The molecule has 4 nitrogen and oxygen atoms in total. The van der Waals surface area contributed by atoms with Crippen molar-refractivity contribution in [2.24, 2.45) is 0 Å². The van der Waals surface area contributed by atoms with Crippen molar-refractivity contribution < 1.29 is 14.3 Å².